The third kappa shape index (κ3) is 3.26. The predicted molar refractivity (Wildman–Crippen MR) is 115 cm³/mol. The van der Waals surface area contributed by atoms with Crippen molar-refractivity contribution in [1.29, 1.82) is 5.26 Å². The van der Waals surface area contributed by atoms with Gasteiger partial charge in [-0.15, -0.1) is 5.10 Å². The average molecular weight is 488 g/mol. The maximum absolute atomic E-state index is 10.3. The van der Waals surface area contributed by atoms with Gasteiger partial charge < -0.3 is 20.3 Å². The van der Waals surface area contributed by atoms with Crippen LogP contribution in [-0.4, -0.2) is 21.9 Å². The van der Waals surface area contributed by atoms with Crippen molar-refractivity contribution < 1.29 is 14.6 Å². The number of rotatable bonds is 4. The zero-order valence-corrected chi connectivity index (χ0v) is 18.1. The number of nitrogens with one attached hydrogen (secondary N) is 1. The molecule has 4 N–H and O–H groups in total. The fourth-order valence-corrected chi connectivity index (χ4v) is 4.16. The molecule has 0 unspecified atom stereocenters. The van der Waals surface area contributed by atoms with E-state index in [-0.39, 0.29) is 28.8 Å². The molecule has 1 atom stereocenters. The van der Waals surface area contributed by atoms with Gasteiger partial charge in [-0.05, 0) is 46.6 Å². The Morgan fingerprint density at radius 3 is 2.87 bits per heavy atom. The van der Waals surface area contributed by atoms with E-state index in [1.807, 2.05) is 25.1 Å². The molecule has 1 aliphatic heterocycles. The number of phenols is 1. The number of aromatic amines is 1. The summed E-state index contributed by atoms with van der Waals surface area (Å²) in [5.74, 6) is -0.127. The molecule has 152 valence electrons. The first-order valence-electron chi connectivity index (χ1n) is 9.02. The van der Waals surface area contributed by atoms with Crippen molar-refractivity contribution in [3.05, 3.63) is 68.5 Å². The summed E-state index contributed by atoms with van der Waals surface area (Å²) in [7, 11) is 0. The van der Waals surface area contributed by atoms with E-state index in [1.54, 1.807) is 18.2 Å². The van der Waals surface area contributed by atoms with E-state index >= 15 is 0 Å². The lowest BCUT2D eigenvalue weighted by Crippen LogP contribution is -2.21. The van der Waals surface area contributed by atoms with Gasteiger partial charge in [0, 0.05) is 10.6 Å². The Balaban J connectivity index is 1.98. The second-order valence-corrected chi connectivity index (χ2v) is 7.77. The number of aromatic hydroxyl groups is 1. The number of benzene rings is 2. The first-order chi connectivity index (χ1) is 14.5. The number of phenolic OH excluding ortho intramolecular Hbond substituents is 1. The van der Waals surface area contributed by atoms with Crippen LogP contribution in [-0.2, 0) is 0 Å². The largest absolute Gasteiger partial charge is 0.503 e. The lowest BCUT2D eigenvalue weighted by Gasteiger charge is -2.25. The minimum atomic E-state index is -0.611. The highest BCUT2D eigenvalue weighted by molar-refractivity contribution is 9.10. The maximum atomic E-state index is 10.3. The van der Waals surface area contributed by atoms with E-state index in [2.05, 4.69) is 32.2 Å². The molecule has 0 bridgehead atoms. The van der Waals surface area contributed by atoms with Crippen LogP contribution < -0.4 is 15.2 Å². The first kappa shape index (κ1) is 20.1. The van der Waals surface area contributed by atoms with Crippen molar-refractivity contribution in [2.75, 3.05) is 6.61 Å². The van der Waals surface area contributed by atoms with Crippen LogP contribution in [0.5, 0.6) is 17.4 Å². The van der Waals surface area contributed by atoms with Gasteiger partial charge in [0.25, 0.3) is 0 Å². The topological polar surface area (TPSA) is 117 Å². The number of nitrogens with zero attached hydrogens (tertiary/aromatic N) is 2. The molecule has 0 saturated heterocycles. The summed E-state index contributed by atoms with van der Waals surface area (Å²) in [6.45, 7) is 2.18. The highest BCUT2D eigenvalue weighted by Gasteiger charge is 2.36. The molecule has 1 aromatic heterocycles. The molecule has 0 saturated carbocycles. The van der Waals surface area contributed by atoms with Crippen LogP contribution >= 0.6 is 27.5 Å². The Labute approximate surface area is 185 Å². The Bertz CT molecular complexity index is 1220. The summed E-state index contributed by atoms with van der Waals surface area (Å²) in [6, 6.07) is 12.8. The van der Waals surface area contributed by atoms with Crippen LogP contribution in [0.25, 0.3) is 11.3 Å². The zero-order chi connectivity index (χ0) is 21.4. The van der Waals surface area contributed by atoms with Gasteiger partial charge in [-0.2, -0.15) is 5.26 Å². The van der Waals surface area contributed by atoms with Crippen molar-refractivity contribution >= 4 is 27.5 Å². The highest BCUT2D eigenvalue weighted by atomic mass is 79.9. The van der Waals surface area contributed by atoms with E-state index in [0.29, 0.717) is 38.5 Å². The first-order valence-corrected chi connectivity index (χ1v) is 10.2. The van der Waals surface area contributed by atoms with Crippen LogP contribution in [0.1, 0.15) is 24.0 Å². The number of nitriles is 1. The van der Waals surface area contributed by atoms with Gasteiger partial charge >= 0.3 is 0 Å². The minimum Gasteiger partial charge on any atom is -0.503 e. The molecule has 30 heavy (non-hydrogen) atoms. The second kappa shape index (κ2) is 7.94. The molecular formula is C21H16BrClN4O3. The van der Waals surface area contributed by atoms with E-state index in [4.69, 9.17) is 26.8 Å². The standard InChI is InChI=1S/C21H16BrClN4O3/c1-2-29-15-8-10(7-13(22)19(15)28)16-12(9-24)20(25)30-21-17(16)18(26-27-21)11-5-3-4-6-14(11)23/h3-8,16,28H,2,25H2,1H3,(H,26,27)/t16-/m0/s1. The molecule has 9 heteroatoms. The number of allylic oxidation sites excluding steroid dienone is 1. The van der Waals surface area contributed by atoms with E-state index in [1.165, 1.54) is 0 Å². The van der Waals surface area contributed by atoms with Gasteiger partial charge in [0.2, 0.25) is 11.8 Å². The Hall–Kier alpha value is -3.15. The smallest absolute Gasteiger partial charge is 0.244 e. The quantitative estimate of drug-likeness (QED) is 0.486. The lowest BCUT2D eigenvalue weighted by atomic mass is 9.83. The average Bonchev–Trinajstić information content (AvgIpc) is 3.13. The summed E-state index contributed by atoms with van der Waals surface area (Å²) in [6.07, 6.45) is 0. The Morgan fingerprint density at radius 1 is 1.40 bits per heavy atom. The highest BCUT2D eigenvalue weighted by Crippen LogP contribution is 2.49. The van der Waals surface area contributed by atoms with Crippen molar-refractivity contribution in [2.24, 2.45) is 5.73 Å². The number of fused-ring (bicyclic) bond motifs is 1. The number of aromatic nitrogens is 2. The van der Waals surface area contributed by atoms with Gasteiger partial charge in [0.1, 0.15) is 11.6 Å². The number of H-pyrrole nitrogens is 1. The fraction of sp³-hybridized carbons (Fsp3) is 0.143. The van der Waals surface area contributed by atoms with E-state index in [0.717, 1.165) is 0 Å². The van der Waals surface area contributed by atoms with Gasteiger partial charge in [-0.3, -0.25) is 5.10 Å². The van der Waals surface area contributed by atoms with Crippen LogP contribution in [0.3, 0.4) is 0 Å². The number of hydrogen-bond acceptors (Lipinski definition) is 6. The predicted octanol–water partition coefficient (Wildman–Crippen LogP) is 4.82. The number of hydrogen-bond donors (Lipinski definition) is 3. The van der Waals surface area contributed by atoms with Crippen LogP contribution in [0.15, 0.2) is 52.3 Å². The van der Waals surface area contributed by atoms with Gasteiger partial charge in [-0.1, -0.05) is 29.8 Å². The van der Waals surface area contributed by atoms with Crippen LogP contribution in [0, 0.1) is 11.3 Å². The second-order valence-electron chi connectivity index (χ2n) is 6.50. The van der Waals surface area contributed by atoms with E-state index in [9.17, 15) is 10.4 Å². The normalized spacial score (nSPS) is 15.3. The summed E-state index contributed by atoms with van der Waals surface area (Å²) in [5.41, 5.74) is 8.87. The van der Waals surface area contributed by atoms with Crippen LogP contribution in [0.2, 0.25) is 5.02 Å². The van der Waals surface area contributed by atoms with Crippen molar-refractivity contribution in [3.63, 3.8) is 0 Å². The Kier molecular flexibility index (Phi) is 5.33. The van der Waals surface area contributed by atoms with Gasteiger partial charge in [0.15, 0.2) is 11.5 Å². The zero-order valence-electron chi connectivity index (χ0n) is 15.7. The SMILES string of the molecule is CCOc1cc([C@H]2C(C#N)=C(N)Oc3n[nH]c(-c4ccccc4Cl)c32)cc(Br)c1O. The summed E-state index contributed by atoms with van der Waals surface area (Å²) < 4.78 is 11.6. The molecule has 0 aliphatic carbocycles. The van der Waals surface area contributed by atoms with Gasteiger partial charge in [-0.25, -0.2) is 0 Å². The molecular weight excluding hydrogens is 472 g/mol. The number of ether oxygens (including phenoxy) is 2. The molecule has 7 nitrogen and oxygen atoms in total. The van der Waals surface area contributed by atoms with Crippen LogP contribution in [0.4, 0.5) is 0 Å². The molecule has 0 radical (unpaired) electrons. The van der Waals surface area contributed by atoms with Crippen molar-refractivity contribution in [2.45, 2.75) is 12.8 Å². The fourth-order valence-electron chi connectivity index (χ4n) is 3.47. The maximum Gasteiger partial charge on any atom is 0.244 e. The third-order valence-electron chi connectivity index (χ3n) is 4.77. The molecule has 2 heterocycles. The van der Waals surface area contributed by atoms with Gasteiger partial charge in [0.05, 0.1) is 28.3 Å². The molecule has 0 amide bonds. The summed E-state index contributed by atoms with van der Waals surface area (Å²) in [4.78, 5) is 0. The summed E-state index contributed by atoms with van der Waals surface area (Å²) >= 11 is 9.77. The third-order valence-corrected chi connectivity index (χ3v) is 5.70. The van der Waals surface area contributed by atoms with Crippen molar-refractivity contribution in [1.82, 2.24) is 10.2 Å². The monoisotopic (exact) mass is 486 g/mol. The molecule has 3 aromatic rings. The molecule has 0 fully saturated rings. The van der Waals surface area contributed by atoms with E-state index < -0.39 is 5.92 Å². The minimum absolute atomic E-state index is 0.0261. The summed E-state index contributed by atoms with van der Waals surface area (Å²) in [5, 5.41) is 27.9. The lowest BCUT2D eigenvalue weighted by molar-refractivity contribution is 0.316. The Morgan fingerprint density at radius 2 is 2.17 bits per heavy atom. The molecule has 0 spiro atoms. The number of halogens is 2. The van der Waals surface area contributed by atoms with Crippen molar-refractivity contribution in [3.8, 4) is 34.7 Å². The molecule has 4 rings (SSSR count). The molecule has 1 aliphatic rings. The number of nitrogens with two attached hydrogens (primary N) is 1. The molecule has 2 aromatic carbocycles.